The quantitative estimate of drug-likeness (QED) is 0.681. The standard InChI is InChI=1S/C23H25N3O3/c24-15-18-6-8-19(9-7-18)16-26(21-11-12-21)23(29)25-20(10-13-22(27)28)14-17-4-2-1-3-5-17/h1-9,20-21H,10-14,16H2,(H,25,29)(H,27,28). The zero-order chi connectivity index (χ0) is 20.6. The maximum Gasteiger partial charge on any atom is 0.318 e. The summed E-state index contributed by atoms with van der Waals surface area (Å²) in [5.41, 5.74) is 2.62. The van der Waals surface area contributed by atoms with Crippen LogP contribution >= 0.6 is 0 Å². The van der Waals surface area contributed by atoms with Crippen LogP contribution in [0.15, 0.2) is 54.6 Å². The van der Waals surface area contributed by atoms with Crippen molar-refractivity contribution in [1.29, 1.82) is 5.26 Å². The molecular weight excluding hydrogens is 366 g/mol. The van der Waals surface area contributed by atoms with Crippen LogP contribution in [0.5, 0.6) is 0 Å². The van der Waals surface area contributed by atoms with Gasteiger partial charge in [0.1, 0.15) is 0 Å². The molecule has 1 aliphatic carbocycles. The number of carboxylic acid groups (broad SMARTS) is 1. The molecule has 1 aliphatic rings. The molecule has 6 heteroatoms. The second kappa shape index (κ2) is 9.74. The van der Waals surface area contributed by atoms with Crippen molar-refractivity contribution in [2.75, 3.05) is 0 Å². The van der Waals surface area contributed by atoms with Crippen molar-refractivity contribution < 1.29 is 14.7 Å². The number of carbonyl (C=O) groups excluding carboxylic acids is 1. The third-order valence-corrected chi connectivity index (χ3v) is 5.04. The van der Waals surface area contributed by atoms with Crippen LogP contribution in [0, 0.1) is 11.3 Å². The number of hydrogen-bond acceptors (Lipinski definition) is 3. The molecule has 29 heavy (non-hydrogen) atoms. The lowest BCUT2D eigenvalue weighted by Crippen LogP contribution is -2.46. The smallest absolute Gasteiger partial charge is 0.318 e. The molecule has 1 atom stereocenters. The summed E-state index contributed by atoms with van der Waals surface area (Å²) in [6.45, 7) is 0.471. The van der Waals surface area contributed by atoms with E-state index in [4.69, 9.17) is 10.4 Å². The summed E-state index contributed by atoms with van der Waals surface area (Å²) in [5, 5.41) is 21.1. The van der Waals surface area contributed by atoms with Crippen molar-refractivity contribution in [1.82, 2.24) is 10.2 Å². The number of rotatable bonds is 9. The fourth-order valence-corrected chi connectivity index (χ4v) is 3.31. The van der Waals surface area contributed by atoms with E-state index in [0.29, 0.717) is 24.9 Å². The van der Waals surface area contributed by atoms with Crippen LogP contribution in [0.1, 0.15) is 42.4 Å². The molecule has 0 aliphatic heterocycles. The first-order valence-electron chi connectivity index (χ1n) is 9.87. The van der Waals surface area contributed by atoms with Gasteiger partial charge in [-0.05, 0) is 48.9 Å². The average Bonchev–Trinajstić information content (AvgIpc) is 3.56. The minimum absolute atomic E-state index is 0.0107. The second-order valence-corrected chi connectivity index (χ2v) is 7.44. The first-order chi connectivity index (χ1) is 14.0. The van der Waals surface area contributed by atoms with E-state index >= 15 is 0 Å². The molecule has 6 nitrogen and oxygen atoms in total. The third kappa shape index (κ3) is 6.35. The van der Waals surface area contributed by atoms with Crippen LogP contribution in [0.4, 0.5) is 4.79 Å². The normalized spacial score (nSPS) is 13.9. The summed E-state index contributed by atoms with van der Waals surface area (Å²) in [5.74, 6) is -0.867. The number of benzene rings is 2. The first kappa shape index (κ1) is 20.4. The van der Waals surface area contributed by atoms with E-state index in [0.717, 1.165) is 24.0 Å². The van der Waals surface area contributed by atoms with Crippen molar-refractivity contribution in [3.8, 4) is 6.07 Å². The van der Waals surface area contributed by atoms with Gasteiger partial charge in [-0.2, -0.15) is 5.26 Å². The minimum atomic E-state index is -0.867. The number of carboxylic acids is 1. The van der Waals surface area contributed by atoms with Gasteiger partial charge in [-0.1, -0.05) is 42.5 Å². The SMILES string of the molecule is N#Cc1ccc(CN(C(=O)NC(CCC(=O)O)Cc2ccccc2)C2CC2)cc1. The van der Waals surface area contributed by atoms with Gasteiger partial charge >= 0.3 is 12.0 Å². The highest BCUT2D eigenvalue weighted by Crippen LogP contribution is 2.28. The van der Waals surface area contributed by atoms with E-state index in [9.17, 15) is 9.59 Å². The van der Waals surface area contributed by atoms with Crippen LogP contribution in [0.3, 0.4) is 0 Å². The molecular formula is C23H25N3O3. The molecule has 0 bridgehead atoms. The summed E-state index contributed by atoms with van der Waals surface area (Å²) in [6, 6.07) is 18.9. The molecule has 1 saturated carbocycles. The van der Waals surface area contributed by atoms with Gasteiger partial charge in [-0.25, -0.2) is 4.79 Å². The van der Waals surface area contributed by atoms with Gasteiger partial charge in [0.15, 0.2) is 0 Å². The highest BCUT2D eigenvalue weighted by molar-refractivity contribution is 5.75. The van der Waals surface area contributed by atoms with Crippen molar-refractivity contribution in [2.24, 2.45) is 0 Å². The van der Waals surface area contributed by atoms with Gasteiger partial charge in [0.25, 0.3) is 0 Å². The molecule has 2 aromatic carbocycles. The Morgan fingerprint density at radius 2 is 1.79 bits per heavy atom. The summed E-state index contributed by atoms with van der Waals surface area (Å²) >= 11 is 0. The number of carbonyl (C=O) groups is 2. The number of nitrogens with zero attached hydrogens (tertiary/aromatic N) is 2. The van der Waals surface area contributed by atoms with Crippen molar-refractivity contribution in [3.63, 3.8) is 0 Å². The monoisotopic (exact) mass is 391 g/mol. The Bertz CT molecular complexity index is 870. The Morgan fingerprint density at radius 3 is 2.38 bits per heavy atom. The summed E-state index contributed by atoms with van der Waals surface area (Å²) < 4.78 is 0. The topological polar surface area (TPSA) is 93.4 Å². The molecule has 2 N–H and O–H groups in total. The van der Waals surface area contributed by atoms with E-state index in [1.807, 2.05) is 47.4 Å². The molecule has 0 spiro atoms. The molecule has 0 heterocycles. The Labute approximate surface area is 170 Å². The number of urea groups is 1. The first-order valence-corrected chi connectivity index (χ1v) is 9.87. The van der Waals surface area contributed by atoms with Gasteiger partial charge in [0.05, 0.1) is 11.6 Å². The summed E-state index contributed by atoms with van der Waals surface area (Å²) in [7, 11) is 0. The van der Waals surface area contributed by atoms with E-state index in [-0.39, 0.29) is 24.5 Å². The lowest BCUT2D eigenvalue weighted by molar-refractivity contribution is -0.137. The Balaban J connectivity index is 1.67. The number of hydrogen-bond donors (Lipinski definition) is 2. The molecule has 0 aromatic heterocycles. The Kier molecular flexibility index (Phi) is 6.85. The lowest BCUT2D eigenvalue weighted by atomic mass is 10.0. The fourth-order valence-electron chi connectivity index (χ4n) is 3.31. The molecule has 1 unspecified atom stereocenters. The largest absolute Gasteiger partial charge is 0.481 e. The van der Waals surface area contributed by atoms with Crippen LogP contribution in [0.25, 0.3) is 0 Å². The highest BCUT2D eigenvalue weighted by Gasteiger charge is 2.33. The maximum atomic E-state index is 13.0. The summed E-state index contributed by atoms with van der Waals surface area (Å²) in [4.78, 5) is 25.9. The molecule has 1 fully saturated rings. The molecule has 3 rings (SSSR count). The van der Waals surface area contributed by atoms with Crippen molar-refractivity contribution in [3.05, 3.63) is 71.3 Å². The number of nitriles is 1. The molecule has 2 aromatic rings. The molecule has 150 valence electrons. The van der Waals surface area contributed by atoms with E-state index in [1.165, 1.54) is 0 Å². The zero-order valence-electron chi connectivity index (χ0n) is 16.3. The predicted octanol–water partition coefficient (Wildman–Crippen LogP) is 3.71. The van der Waals surface area contributed by atoms with Crippen LogP contribution in [-0.4, -0.2) is 34.1 Å². The lowest BCUT2D eigenvalue weighted by Gasteiger charge is -2.27. The number of amides is 2. The van der Waals surface area contributed by atoms with E-state index in [2.05, 4.69) is 11.4 Å². The average molecular weight is 391 g/mol. The van der Waals surface area contributed by atoms with Gasteiger partial charge in [-0.15, -0.1) is 0 Å². The van der Waals surface area contributed by atoms with E-state index in [1.54, 1.807) is 12.1 Å². The van der Waals surface area contributed by atoms with E-state index < -0.39 is 5.97 Å². The van der Waals surface area contributed by atoms with Gasteiger partial charge in [-0.3, -0.25) is 4.79 Å². The zero-order valence-corrected chi connectivity index (χ0v) is 16.3. The fraction of sp³-hybridized carbons (Fsp3) is 0.348. The van der Waals surface area contributed by atoms with Crippen molar-refractivity contribution >= 4 is 12.0 Å². The predicted molar refractivity (Wildman–Crippen MR) is 109 cm³/mol. The third-order valence-electron chi connectivity index (χ3n) is 5.04. The second-order valence-electron chi connectivity index (χ2n) is 7.44. The number of aliphatic carboxylic acids is 1. The Morgan fingerprint density at radius 1 is 1.10 bits per heavy atom. The van der Waals surface area contributed by atoms with Crippen LogP contribution in [-0.2, 0) is 17.8 Å². The minimum Gasteiger partial charge on any atom is -0.481 e. The van der Waals surface area contributed by atoms with Gasteiger partial charge in [0, 0.05) is 25.0 Å². The molecule has 0 saturated heterocycles. The van der Waals surface area contributed by atoms with Crippen LogP contribution < -0.4 is 5.32 Å². The van der Waals surface area contributed by atoms with Crippen LogP contribution in [0.2, 0.25) is 0 Å². The maximum absolute atomic E-state index is 13.0. The van der Waals surface area contributed by atoms with Gasteiger partial charge in [0.2, 0.25) is 0 Å². The molecule has 0 radical (unpaired) electrons. The number of nitrogens with one attached hydrogen (secondary N) is 1. The Hall–Kier alpha value is -3.33. The van der Waals surface area contributed by atoms with Gasteiger partial charge < -0.3 is 15.3 Å². The van der Waals surface area contributed by atoms with Crippen molar-refractivity contribution in [2.45, 2.75) is 50.7 Å². The molecule has 2 amide bonds. The highest BCUT2D eigenvalue weighted by atomic mass is 16.4. The summed E-state index contributed by atoms with van der Waals surface area (Å²) in [6.07, 6.45) is 2.93.